The van der Waals surface area contributed by atoms with E-state index in [4.69, 9.17) is 14.3 Å². The predicted molar refractivity (Wildman–Crippen MR) is 130 cm³/mol. The van der Waals surface area contributed by atoms with Gasteiger partial charge in [0.15, 0.2) is 11.5 Å². The van der Waals surface area contributed by atoms with Crippen molar-refractivity contribution in [3.05, 3.63) is 104 Å². The summed E-state index contributed by atoms with van der Waals surface area (Å²) >= 11 is 3.53. The number of hydrogen-bond acceptors (Lipinski definition) is 7. The third-order valence-corrected chi connectivity index (χ3v) is 5.50. The Hall–Kier alpha value is -3.98. The minimum atomic E-state index is -0.536. The summed E-state index contributed by atoms with van der Waals surface area (Å²) in [5.74, 6) is 0.426. The maximum atomic E-state index is 12.3. The second-order valence-corrected chi connectivity index (χ2v) is 8.07. The summed E-state index contributed by atoms with van der Waals surface area (Å²) in [5, 5.41) is 14.8. The van der Waals surface area contributed by atoms with E-state index in [1.165, 1.54) is 12.1 Å². The number of nitro groups is 1. The van der Waals surface area contributed by atoms with Gasteiger partial charge in [0.25, 0.3) is 5.69 Å². The molecule has 3 aromatic rings. The van der Waals surface area contributed by atoms with Crippen molar-refractivity contribution in [2.24, 2.45) is 5.16 Å². The number of hydrogen-bond donors (Lipinski definition) is 0. The fourth-order valence-corrected chi connectivity index (χ4v) is 3.90. The summed E-state index contributed by atoms with van der Waals surface area (Å²) in [6.45, 7) is 2.45. The molecule has 0 aliphatic carbocycles. The smallest absolute Gasteiger partial charge is 0.368 e. The topological polar surface area (TPSA) is 100 Å². The van der Waals surface area contributed by atoms with E-state index in [0.29, 0.717) is 39.4 Å². The molecule has 0 aromatic heterocycles. The Bertz CT molecular complexity index is 1290. The monoisotopic (exact) mass is 522 g/mol. The SMILES string of the molecule is CCOc1cc(/C=C2\C(=O)ON=C2c2ccccc2)cc(Br)c1OCc1ccc([N+](=O)[O-])cc1. The van der Waals surface area contributed by atoms with Crippen LogP contribution in [-0.2, 0) is 16.2 Å². The summed E-state index contributed by atoms with van der Waals surface area (Å²) in [4.78, 5) is 27.6. The molecule has 34 heavy (non-hydrogen) atoms. The summed E-state index contributed by atoms with van der Waals surface area (Å²) < 4.78 is 12.4. The zero-order valence-electron chi connectivity index (χ0n) is 18.1. The van der Waals surface area contributed by atoms with E-state index in [0.717, 1.165) is 11.1 Å². The average molecular weight is 523 g/mol. The number of non-ortho nitro benzene ring substituents is 1. The van der Waals surface area contributed by atoms with E-state index < -0.39 is 10.9 Å². The van der Waals surface area contributed by atoms with Crippen LogP contribution in [0.4, 0.5) is 5.69 Å². The second kappa shape index (κ2) is 10.3. The second-order valence-electron chi connectivity index (χ2n) is 7.22. The zero-order chi connectivity index (χ0) is 24.1. The Morgan fingerprint density at radius 2 is 1.82 bits per heavy atom. The molecule has 4 rings (SSSR count). The van der Waals surface area contributed by atoms with Gasteiger partial charge in [0.1, 0.15) is 12.3 Å². The van der Waals surface area contributed by atoms with Gasteiger partial charge in [-0.3, -0.25) is 10.1 Å². The Morgan fingerprint density at radius 3 is 2.50 bits per heavy atom. The highest BCUT2D eigenvalue weighted by atomic mass is 79.9. The molecule has 8 nitrogen and oxygen atoms in total. The van der Waals surface area contributed by atoms with Crippen LogP contribution in [-0.4, -0.2) is 23.2 Å². The fraction of sp³-hybridized carbons (Fsp3) is 0.120. The molecule has 0 unspecified atom stereocenters. The van der Waals surface area contributed by atoms with Crippen molar-refractivity contribution in [2.45, 2.75) is 13.5 Å². The molecule has 0 fully saturated rings. The molecule has 0 atom stereocenters. The van der Waals surface area contributed by atoms with Gasteiger partial charge in [0, 0.05) is 17.7 Å². The molecular weight excluding hydrogens is 504 g/mol. The highest BCUT2D eigenvalue weighted by Gasteiger charge is 2.27. The zero-order valence-corrected chi connectivity index (χ0v) is 19.7. The first-order chi connectivity index (χ1) is 16.5. The highest BCUT2D eigenvalue weighted by Crippen LogP contribution is 2.38. The van der Waals surface area contributed by atoms with Crippen LogP contribution in [0, 0.1) is 10.1 Å². The number of nitro benzene ring substituents is 1. The molecule has 0 radical (unpaired) electrons. The van der Waals surface area contributed by atoms with E-state index in [1.807, 2.05) is 37.3 Å². The number of benzene rings is 3. The Morgan fingerprint density at radius 1 is 1.09 bits per heavy atom. The molecule has 0 N–H and O–H groups in total. The standard InChI is InChI=1S/C25H19BrN2O6/c1-2-32-22-14-17(12-20-23(27-34-25(20)29)18-6-4-3-5-7-18)13-21(26)24(22)33-15-16-8-10-19(11-9-16)28(30)31/h3-14H,2,15H2,1H3/b20-12-. The van der Waals surface area contributed by atoms with E-state index in [1.54, 1.807) is 30.3 Å². The van der Waals surface area contributed by atoms with Crippen molar-refractivity contribution < 1.29 is 24.0 Å². The molecule has 0 saturated heterocycles. The fourth-order valence-electron chi connectivity index (χ4n) is 3.32. The average Bonchev–Trinajstić information content (AvgIpc) is 3.19. The molecule has 0 saturated carbocycles. The van der Waals surface area contributed by atoms with Gasteiger partial charge in [0.2, 0.25) is 0 Å². The number of carbonyl (C=O) groups excluding carboxylic acids is 1. The first kappa shape index (κ1) is 23.2. The van der Waals surface area contributed by atoms with Crippen LogP contribution in [0.15, 0.2) is 81.9 Å². The van der Waals surface area contributed by atoms with Gasteiger partial charge in [-0.15, -0.1) is 0 Å². The summed E-state index contributed by atoms with van der Waals surface area (Å²) in [7, 11) is 0. The van der Waals surface area contributed by atoms with E-state index in [-0.39, 0.29) is 12.3 Å². The molecular formula is C25H19BrN2O6. The number of nitrogens with zero attached hydrogens (tertiary/aromatic N) is 2. The van der Waals surface area contributed by atoms with E-state index in [9.17, 15) is 14.9 Å². The van der Waals surface area contributed by atoms with E-state index >= 15 is 0 Å². The Labute approximate surface area is 203 Å². The van der Waals surface area contributed by atoms with Crippen LogP contribution < -0.4 is 9.47 Å². The van der Waals surface area contributed by atoms with Crippen molar-refractivity contribution in [3.63, 3.8) is 0 Å². The van der Waals surface area contributed by atoms with Crippen molar-refractivity contribution in [2.75, 3.05) is 6.61 Å². The van der Waals surface area contributed by atoms with Crippen LogP contribution in [0.1, 0.15) is 23.6 Å². The molecule has 0 amide bonds. The maximum Gasteiger partial charge on any atom is 0.368 e. The van der Waals surface area contributed by atoms with Gasteiger partial charge in [0.05, 0.1) is 21.6 Å². The predicted octanol–water partition coefficient (Wildman–Crippen LogP) is 5.68. The van der Waals surface area contributed by atoms with E-state index in [2.05, 4.69) is 21.1 Å². The summed E-state index contributed by atoms with van der Waals surface area (Å²) in [6, 6.07) is 19.0. The van der Waals surface area contributed by atoms with Crippen LogP contribution >= 0.6 is 15.9 Å². The van der Waals surface area contributed by atoms with Gasteiger partial charge < -0.3 is 14.3 Å². The third kappa shape index (κ3) is 5.15. The third-order valence-electron chi connectivity index (χ3n) is 4.92. The minimum absolute atomic E-state index is 0.0150. The molecule has 1 aliphatic heterocycles. The van der Waals surface area contributed by atoms with Crippen LogP contribution in [0.2, 0.25) is 0 Å². The lowest BCUT2D eigenvalue weighted by molar-refractivity contribution is -0.384. The van der Waals surface area contributed by atoms with Crippen LogP contribution in [0.5, 0.6) is 11.5 Å². The van der Waals surface area contributed by atoms with Crippen LogP contribution in [0.25, 0.3) is 6.08 Å². The molecule has 3 aromatic carbocycles. The quantitative estimate of drug-likeness (QED) is 0.163. The van der Waals surface area contributed by atoms with Gasteiger partial charge in [-0.2, -0.15) is 0 Å². The number of halogens is 1. The highest BCUT2D eigenvalue weighted by molar-refractivity contribution is 9.10. The first-order valence-electron chi connectivity index (χ1n) is 10.4. The lowest BCUT2D eigenvalue weighted by atomic mass is 10.0. The lowest BCUT2D eigenvalue weighted by Crippen LogP contribution is -2.07. The maximum absolute atomic E-state index is 12.3. The van der Waals surface area contributed by atoms with Crippen LogP contribution in [0.3, 0.4) is 0 Å². The van der Waals surface area contributed by atoms with Crippen molar-refractivity contribution >= 4 is 39.4 Å². The largest absolute Gasteiger partial charge is 0.490 e. The van der Waals surface area contributed by atoms with Crippen molar-refractivity contribution in [1.82, 2.24) is 0 Å². The molecule has 0 spiro atoms. The number of oxime groups is 1. The number of carbonyl (C=O) groups is 1. The van der Waals surface area contributed by atoms with Gasteiger partial charge in [-0.05, 0) is 64.3 Å². The number of rotatable bonds is 8. The molecule has 1 aliphatic rings. The molecule has 1 heterocycles. The molecule has 172 valence electrons. The summed E-state index contributed by atoms with van der Waals surface area (Å²) in [5.41, 5.74) is 3.03. The lowest BCUT2D eigenvalue weighted by Gasteiger charge is -2.15. The molecule has 9 heteroatoms. The summed E-state index contributed by atoms with van der Waals surface area (Å²) in [6.07, 6.45) is 1.69. The normalized spacial score (nSPS) is 14.0. The minimum Gasteiger partial charge on any atom is -0.490 e. The Kier molecular flexibility index (Phi) is 7.03. The first-order valence-corrected chi connectivity index (χ1v) is 11.1. The van der Waals surface area contributed by atoms with Gasteiger partial charge >= 0.3 is 5.97 Å². The number of ether oxygens (including phenoxy) is 2. The van der Waals surface area contributed by atoms with Crippen molar-refractivity contribution in [1.29, 1.82) is 0 Å². The van der Waals surface area contributed by atoms with Gasteiger partial charge in [-0.25, -0.2) is 4.79 Å². The van der Waals surface area contributed by atoms with Crippen molar-refractivity contribution in [3.8, 4) is 11.5 Å². The molecule has 0 bridgehead atoms. The van der Waals surface area contributed by atoms with Gasteiger partial charge in [-0.1, -0.05) is 35.5 Å². The Balaban J connectivity index is 1.61.